The first-order valence-corrected chi connectivity index (χ1v) is 12.3. The number of hydrogen-bond donors (Lipinski definition) is 1. The molecule has 1 saturated heterocycles. The quantitative estimate of drug-likeness (QED) is 0.512. The van der Waals surface area contributed by atoms with Crippen LogP contribution in [0.25, 0.3) is 22.5 Å². The third-order valence-electron chi connectivity index (χ3n) is 7.54. The molecule has 1 N–H and O–H groups in total. The molecule has 3 heterocycles. The third kappa shape index (κ3) is 5.42. The zero-order valence-corrected chi connectivity index (χ0v) is 22.5. The van der Waals surface area contributed by atoms with E-state index in [0.717, 1.165) is 33.4 Å². The van der Waals surface area contributed by atoms with Crippen LogP contribution in [0.15, 0.2) is 60.9 Å². The van der Waals surface area contributed by atoms with Gasteiger partial charge in [0, 0.05) is 29.0 Å². The van der Waals surface area contributed by atoms with E-state index in [1.165, 1.54) is 0 Å². The lowest BCUT2D eigenvalue weighted by Crippen LogP contribution is -2.49. The van der Waals surface area contributed by atoms with Gasteiger partial charge in [0.15, 0.2) is 0 Å². The number of pyridine rings is 2. The van der Waals surface area contributed by atoms with Crippen LogP contribution in [0.2, 0.25) is 0 Å². The summed E-state index contributed by atoms with van der Waals surface area (Å²) in [6.45, 7) is 15.4. The van der Waals surface area contributed by atoms with Crippen molar-refractivity contribution in [3.05, 3.63) is 60.9 Å². The van der Waals surface area contributed by atoms with Crippen molar-refractivity contribution in [2.24, 2.45) is 0 Å². The Morgan fingerprint density at radius 3 is 1.69 bits per heavy atom. The second kappa shape index (κ2) is 9.42. The van der Waals surface area contributed by atoms with E-state index in [2.05, 4.69) is 9.97 Å². The van der Waals surface area contributed by atoms with Crippen molar-refractivity contribution < 1.29 is 19.1 Å². The Bertz CT molecular complexity index is 1170. The minimum Gasteiger partial charge on any atom is -0.427 e. The van der Waals surface area contributed by atoms with Crippen molar-refractivity contribution in [2.75, 3.05) is 0 Å². The van der Waals surface area contributed by atoms with E-state index in [1.807, 2.05) is 96.3 Å². The monoisotopic (exact) mass is 485 g/mol. The first-order chi connectivity index (χ1) is 16.7. The molecule has 0 bridgehead atoms. The maximum atomic E-state index is 10.2. The Kier molecular flexibility index (Phi) is 6.95. The van der Waals surface area contributed by atoms with Crippen LogP contribution in [-0.4, -0.2) is 52.1 Å². The number of nitrogens with zero attached hydrogens (tertiary/aromatic N) is 2. The summed E-state index contributed by atoms with van der Waals surface area (Å²) in [4.78, 5) is 9.23. The zero-order valence-electron chi connectivity index (χ0n) is 22.5. The fourth-order valence-electron chi connectivity index (χ4n) is 3.51. The predicted octanol–water partition coefficient (Wildman–Crippen LogP) is 3.92. The van der Waals surface area contributed by atoms with E-state index in [0.29, 0.717) is 0 Å². The molecular formula is C28H35B2N2O4. The van der Waals surface area contributed by atoms with Crippen LogP contribution in [-0.2, 0) is 14.0 Å². The lowest BCUT2D eigenvalue weighted by atomic mass is 9.80. The number of aliphatic hydroxyl groups is 1. The highest BCUT2D eigenvalue weighted by Gasteiger charge is 2.51. The highest BCUT2D eigenvalue weighted by Crippen LogP contribution is 2.36. The number of rotatable bonds is 7. The molecule has 0 atom stereocenters. The second-order valence-corrected chi connectivity index (χ2v) is 11.4. The van der Waals surface area contributed by atoms with E-state index in [1.54, 1.807) is 27.5 Å². The van der Waals surface area contributed by atoms with Gasteiger partial charge in [0.2, 0.25) is 0 Å². The highest BCUT2D eigenvalue weighted by molar-refractivity contribution is 6.62. The van der Waals surface area contributed by atoms with E-state index in [-0.39, 0.29) is 11.2 Å². The Hall–Kier alpha value is -2.51. The Balaban J connectivity index is 1.41. The van der Waals surface area contributed by atoms with Crippen molar-refractivity contribution in [2.45, 2.75) is 77.8 Å². The maximum Gasteiger partial charge on any atom is 0.496 e. The van der Waals surface area contributed by atoms with Gasteiger partial charge in [-0.15, -0.1) is 0 Å². The molecule has 3 aromatic rings. The van der Waals surface area contributed by atoms with E-state index >= 15 is 0 Å². The first-order valence-electron chi connectivity index (χ1n) is 12.3. The molecule has 1 aliphatic heterocycles. The maximum absolute atomic E-state index is 10.2. The van der Waals surface area contributed by atoms with E-state index in [9.17, 15) is 5.11 Å². The van der Waals surface area contributed by atoms with Crippen LogP contribution < -0.4 is 10.9 Å². The van der Waals surface area contributed by atoms with Gasteiger partial charge in [-0.1, -0.05) is 36.4 Å². The molecule has 1 radical (unpaired) electrons. The van der Waals surface area contributed by atoms with Crippen LogP contribution in [0.5, 0.6) is 0 Å². The minimum absolute atomic E-state index is 0.379. The fourth-order valence-corrected chi connectivity index (χ4v) is 3.51. The van der Waals surface area contributed by atoms with Crippen LogP contribution >= 0.6 is 0 Å². The van der Waals surface area contributed by atoms with Crippen LogP contribution in [0.4, 0.5) is 0 Å². The van der Waals surface area contributed by atoms with Crippen LogP contribution in [0.1, 0.15) is 55.4 Å². The summed E-state index contributed by atoms with van der Waals surface area (Å²) in [5, 5.41) is 10.2. The summed E-state index contributed by atoms with van der Waals surface area (Å²) in [6, 6.07) is 16.1. The summed E-state index contributed by atoms with van der Waals surface area (Å²) < 4.78 is 18.1. The van der Waals surface area contributed by atoms with Crippen molar-refractivity contribution in [3.8, 4) is 22.5 Å². The van der Waals surface area contributed by atoms with Crippen molar-refractivity contribution in [1.82, 2.24) is 9.97 Å². The largest absolute Gasteiger partial charge is 0.496 e. The molecule has 0 saturated carbocycles. The number of hydrogen-bond acceptors (Lipinski definition) is 6. The van der Waals surface area contributed by atoms with E-state index in [4.69, 9.17) is 14.0 Å². The molecular weight excluding hydrogens is 450 g/mol. The highest BCUT2D eigenvalue weighted by atomic mass is 16.7. The van der Waals surface area contributed by atoms with Gasteiger partial charge in [-0.3, -0.25) is 9.97 Å². The SMILES string of the molecule is CC(C)(O)C(C)(C)O[B]c1ccc(-c2ccc(-c3ccc(B4OC(C)(C)C(C)(C)O4)cn3)cc2)nc1. The van der Waals surface area contributed by atoms with Gasteiger partial charge in [0.05, 0.1) is 33.8 Å². The van der Waals surface area contributed by atoms with Gasteiger partial charge < -0.3 is 19.1 Å². The van der Waals surface area contributed by atoms with Gasteiger partial charge in [-0.05, 0) is 73.0 Å². The molecule has 0 aliphatic carbocycles. The summed E-state index contributed by atoms with van der Waals surface area (Å²) in [5.74, 6) is 0. The average Bonchev–Trinajstić information content (AvgIpc) is 3.04. The Morgan fingerprint density at radius 2 is 1.28 bits per heavy atom. The Morgan fingerprint density at radius 1 is 0.778 bits per heavy atom. The summed E-state index contributed by atoms with van der Waals surface area (Å²) in [5.41, 5.74) is 3.06. The molecule has 4 rings (SSSR count). The lowest BCUT2D eigenvalue weighted by molar-refractivity contribution is -0.0893. The molecule has 6 nitrogen and oxygen atoms in total. The van der Waals surface area contributed by atoms with Gasteiger partial charge in [-0.2, -0.15) is 0 Å². The molecule has 187 valence electrons. The Labute approximate surface area is 215 Å². The second-order valence-electron chi connectivity index (χ2n) is 11.4. The molecule has 0 amide bonds. The topological polar surface area (TPSA) is 73.7 Å². The molecule has 2 aromatic heterocycles. The summed E-state index contributed by atoms with van der Waals surface area (Å²) in [6.07, 6.45) is 3.59. The molecule has 8 heteroatoms. The average molecular weight is 485 g/mol. The summed E-state index contributed by atoms with van der Waals surface area (Å²) >= 11 is 0. The van der Waals surface area contributed by atoms with Crippen LogP contribution in [0, 0.1) is 0 Å². The third-order valence-corrected chi connectivity index (χ3v) is 7.54. The molecule has 0 spiro atoms. The van der Waals surface area contributed by atoms with Gasteiger partial charge >= 0.3 is 14.6 Å². The summed E-state index contributed by atoms with van der Waals surface area (Å²) in [7, 11) is 1.22. The van der Waals surface area contributed by atoms with Gasteiger partial charge in [0.1, 0.15) is 0 Å². The molecule has 1 aromatic carbocycles. The van der Waals surface area contributed by atoms with E-state index < -0.39 is 18.3 Å². The molecule has 1 aliphatic rings. The first kappa shape index (κ1) is 26.6. The van der Waals surface area contributed by atoms with Crippen molar-refractivity contribution >= 4 is 25.5 Å². The lowest BCUT2D eigenvalue weighted by Gasteiger charge is -2.37. The number of benzene rings is 1. The van der Waals surface area contributed by atoms with Crippen LogP contribution in [0.3, 0.4) is 0 Å². The fraction of sp³-hybridized carbons (Fsp3) is 0.429. The predicted molar refractivity (Wildman–Crippen MR) is 145 cm³/mol. The van der Waals surface area contributed by atoms with Crippen molar-refractivity contribution in [1.29, 1.82) is 0 Å². The van der Waals surface area contributed by atoms with Crippen molar-refractivity contribution in [3.63, 3.8) is 0 Å². The minimum atomic E-state index is -0.973. The standard InChI is InChI=1S/C28H35B2N2O4/c1-25(2,33)26(3,4)34-29-21-13-15-23(31-17-21)19-9-11-20(12-10-19)24-16-14-22(18-32-24)30-35-27(5,6)28(7,8)36-30/h9-18,33H,1-8H3. The molecule has 0 unspecified atom stereocenters. The normalized spacial score (nSPS) is 17.3. The zero-order chi connectivity index (χ0) is 26.4. The van der Waals surface area contributed by atoms with Gasteiger partial charge in [-0.25, -0.2) is 0 Å². The molecule has 36 heavy (non-hydrogen) atoms. The smallest absolute Gasteiger partial charge is 0.427 e. The number of aromatic nitrogens is 2. The van der Waals surface area contributed by atoms with Gasteiger partial charge in [0.25, 0.3) is 0 Å². The molecule has 1 fully saturated rings.